The van der Waals surface area contributed by atoms with Crippen LogP contribution in [0.1, 0.15) is 16.8 Å². The molecular formula is C22H21ClFN5. The van der Waals surface area contributed by atoms with Crippen molar-refractivity contribution in [3.8, 4) is 0 Å². The van der Waals surface area contributed by atoms with E-state index in [1.165, 1.54) is 12.4 Å². The van der Waals surface area contributed by atoms with Crippen LogP contribution in [-0.2, 0) is 6.42 Å². The molecular weight excluding hydrogens is 389 g/mol. The fraction of sp³-hybridized carbons (Fsp3) is 0.182. The third-order valence-corrected chi connectivity index (χ3v) is 5.11. The van der Waals surface area contributed by atoms with Gasteiger partial charge in [0.15, 0.2) is 0 Å². The predicted molar refractivity (Wildman–Crippen MR) is 117 cm³/mol. The lowest BCUT2D eigenvalue weighted by atomic mass is 10.0. The van der Waals surface area contributed by atoms with Gasteiger partial charge in [0.2, 0.25) is 0 Å². The summed E-state index contributed by atoms with van der Waals surface area (Å²) >= 11 is 6.02. The molecule has 7 heteroatoms. The zero-order valence-electron chi connectivity index (χ0n) is 16.2. The second kappa shape index (κ2) is 8.09. The number of halogens is 2. The Balaban J connectivity index is 1.46. The monoisotopic (exact) mass is 409 g/mol. The van der Waals surface area contributed by atoms with Crippen LogP contribution in [0.5, 0.6) is 0 Å². The second-order valence-electron chi connectivity index (χ2n) is 6.94. The van der Waals surface area contributed by atoms with Crippen molar-refractivity contribution in [1.82, 2.24) is 15.0 Å². The molecule has 0 bridgehead atoms. The van der Waals surface area contributed by atoms with Gasteiger partial charge in [-0.25, -0.2) is 14.4 Å². The summed E-state index contributed by atoms with van der Waals surface area (Å²) in [6.45, 7) is 4.65. The smallest absolute Gasteiger partial charge is 0.147 e. The SMILES string of the molecule is Cc1[nH]c2c(F)ccc(C)c2c1CCNc1cc(Nc2cccc(Cl)c2)ncn1. The minimum Gasteiger partial charge on any atom is -0.370 e. The Morgan fingerprint density at radius 1 is 1.07 bits per heavy atom. The fourth-order valence-electron chi connectivity index (χ4n) is 3.51. The van der Waals surface area contributed by atoms with Gasteiger partial charge >= 0.3 is 0 Å². The summed E-state index contributed by atoms with van der Waals surface area (Å²) < 4.78 is 14.1. The summed E-state index contributed by atoms with van der Waals surface area (Å²) in [6, 6.07) is 12.6. The summed E-state index contributed by atoms with van der Waals surface area (Å²) in [5.41, 5.74) is 4.61. The summed E-state index contributed by atoms with van der Waals surface area (Å²) in [4.78, 5) is 11.7. The highest BCUT2D eigenvalue weighted by molar-refractivity contribution is 6.30. The molecule has 0 aliphatic carbocycles. The number of fused-ring (bicyclic) bond motifs is 1. The largest absolute Gasteiger partial charge is 0.370 e. The van der Waals surface area contributed by atoms with Crippen molar-refractivity contribution in [3.63, 3.8) is 0 Å². The molecule has 0 spiro atoms. The Morgan fingerprint density at radius 2 is 1.90 bits per heavy atom. The van der Waals surface area contributed by atoms with Crippen LogP contribution in [0.3, 0.4) is 0 Å². The number of nitrogens with zero attached hydrogens (tertiary/aromatic N) is 2. The number of aryl methyl sites for hydroxylation is 2. The van der Waals surface area contributed by atoms with E-state index in [9.17, 15) is 4.39 Å². The maximum absolute atomic E-state index is 14.1. The van der Waals surface area contributed by atoms with E-state index in [1.807, 2.05) is 50.2 Å². The molecule has 0 saturated heterocycles. The Labute approximate surface area is 173 Å². The zero-order chi connectivity index (χ0) is 20.4. The van der Waals surface area contributed by atoms with Crippen molar-refractivity contribution in [3.05, 3.63) is 76.5 Å². The fourth-order valence-corrected chi connectivity index (χ4v) is 3.70. The first-order valence-electron chi connectivity index (χ1n) is 9.36. The topological polar surface area (TPSA) is 65.6 Å². The lowest BCUT2D eigenvalue weighted by Crippen LogP contribution is -2.07. The number of nitrogens with one attached hydrogen (secondary N) is 3. The van der Waals surface area contributed by atoms with E-state index in [-0.39, 0.29) is 5.82 Å². The third kappa shape index (κ3) is 4.17. The van der Waals surface area contributed by atoms with E-state index in [4.69, 9.17) is 11.6 Å². The maximum Gasteiger partial charge on any atom is 0.147 e. The average Bonchev–Trinajstić information content (AvgIpc) is 3.03. The van der Waals surface area contributed by atoms with Crippen LogP contribution in [0.15, 0.2) is 48.8 Å². The Bertz CT molecular complexity index is 1170. The highest BCUT2D eigenvalue weighted by atomic mass is 35.5. The molecule has 0 fully saturated rings. The quantitative estimate of drug-likeness (QED) is 0.378. The summed E-state index contributed by atoms with van der Waals surface area (Å²) in [6.07, 6.45) is 2.25. The minimum atomic E-state index is -0.222. The van der Waals surface area contributed by atoms with Crippen molar-refractivity contribution < 1.29 is 4.39 Å². The van der Waals surface area contributed by atoms with Crippen molar-refractivity contribution in [1.29, 1.82) is 0 Å². The first-order chi connectivity index (χ1) is 14.0. The zero-order valence-corrected chi connectivity index (χ0v) is 16.9. The normalized spacial score (nSPS) is 11.0. The van der Waals surface area contributed by atoms with Gasteiger partial charge < -0.3 is 15.6 Å². The number of anilines is 3. The van der Waals surface area contributed by atoms with Crippen LogP contribution < -0.4 is 10.6 Å². The van der Waals surface area contributed by atoms with Gasteiger partial charge in [-0.2, -0.15) is 0 Å². The van der Waals surface area contributed by atoms with Gasteiger partial charge in [0.1, 0.15) is 23.8 Å². The molecule has 0 aliphatic rings. The summed E-state index contributed by atoms with van der Waals surface area (Å²) in [7, 11) is 0. The van der Waals surface area contributed by atoms with Gasteiger partial charge in [0.05, 0.1) is 5.52 Å². The lowest BCUT2D eigenvalue weighted by molar-refractivity contribution is 0.637. The molecule has 4 rings (SSSR count). The number of H-pyrrole nitrogens is 1. The predicted octanol–water partition coefficient (Wildman–Crippen LogP) is 5.77. The van der Waals surface area contributed by atoms with Crippen LogP contribution in [0.25, 0.3) is 10.9 Å². The molecule has 4 aromatic rings. The van der Waals surface area contributed by atoms with Crippen molar-refractivity contribution in [2.45, 2.75) is 20.3 Å². The van der Waals surface area contributed by atoms with Crippen molar-refractivity contribution in [2.24, 2.45) is 0 Å². The van der Waals surface area contributed by atoms with Crippen molar-refractivity contribution >= 4 is 39.8 Å². The van der Waals surface area contributed by atoms with Crippen LogP contribution in [0.4, 0.5) is 21.7 Å². The van der Waals surface area contributed by atoms with E-state index >= 15 is 0 Å². The van der Waals surface area contributed by atoms with E-state index in [0.717, 1.165) is 34.3 Å². The molecule has 3 N–H and O–H groups in total. The molecule has 0 unspecified atom stereocenters. The maximum atomic E-state index is 14.1. The minimum absolute atomic E-state index is 0.222. The van der Waals surface area contributed by atoms with E-state index in [1.54, 1.807) is 0 Å². The highest BCUT2D eigenvalue weighted by Gasteiger charge is 2.13. The van der Waals surface area contributed by atoms with Crippen molar-refractivity contribution in [2.75, 3.05) is 17.2 Å². The lowest BCUT2D eigenvalue weighted by Gasteiger charge is -2.09. The average molecular weight is 410 g/mol. The number of hydrogen-bond donors (Lipinski definition) is 3. The van der Waals surface area contributed by atoms with Crippen LogP contribution in [-0.4, -0.2) is 21.5 Å². The number of rotatable bonds is 6. The third-order valence-electron chi connectivity index (χ3n) is 4.87. The van der Waals surface area contributed by atoms with Gasteiger partial charge in [-0.05, 0) is 55.7 Å². The molecule has 2 aromatic heterocycles. The molecule has 5 nitrogen and oxygen atoms in total. The number of aromatic nitrogens is 3. The first-order valence-corrected chi connectivity index (χ1v) is 9.74. The Hall–Kier alpha value is -3.12. The van der Waals surface area contributed by atoms with Crippen LogP contribution in [0, 0.1) is 19.7 Å². The van der Waals surface area contributed by atoms with Gasteiger partial charge in [-0.1, -0.05) is 23.7 Å². The molecule has 0 aliphatic heterocycles. The molecule has 0 radical (unpaired) electrons. The van der Waals surface area contributed by atoms with Gasteiger partial charge in [0, 0.05) is 34.4 Å². The Kier molecular flexibility index (Phi) is 5.36. The van der Waals surface area contributed by atoms with E-state index < -0.39 is 0 Å². The van der Waals surface area contributed by atoms with Gasteiger partial charge in [0.25, 0.3) is 0 Å². The number of benzene rings is 2. The standard InChI is InChI=1S/C22H21ClFN5/c1-13-6-7-18(24)22-21(13)17(14(2)28-22)8-9-25-19-11-20(27-12-26-19)29-16-5-3-4-15(23)10-16/h3-7,10-12,28H,8-9H2,1-2H3,(H2,25,26,27,29). The molecule has 0 saturated carbocycles. The van der Waals surface area contributed by atoms with E-state index in [2.05, 4.69) is 25.6 Å². The number of hydrogen-bond acceptors (Lipinski definition) is 4. The molecule has 0 amide bonds. The highest BCUT2D eigenvalue weighted by Crippen LogP contribution is 2.28. The van der Waals surface area contributed by atoms with Crippen LogP contribution in [0.2, 0.25) is 5.02 Å². The number of aromatic amines is 1. The summed E-state index contributed by atoms with van der Waals surface area (Å²) in [5, 5.41) is 8.16. The van der Waals surface area contributed by atoms with Gasteiger partial charge in [-0.15, -0.1) is 0 Å². The van der Waals surface area contributed by atoms with Gasteiger partial charge in [-0.3, -0.25) is 0 Å². The second-order valence-corrected chi connectivity index (χ2v) is 7.38. The van der Waals surface area contributed by atoms with E-state index in [0.29, 0.717) is 28.7 Å². The Morgan fingerprint density at radius 3 is 2.72 bits per heavy atom. The molecule has 0 atom stereocenters. The molecule has 148 valence electrons. The molecule has 29 heavy (non-hydrogen) atoms. The van der Waals surface area contributed by atoms with Crippen LogP contribution >= 0.6 is 11.6 Å². The molecule has 2 heterocycles. The first kappa shape index (κ1) is 19.2. The summed E-state index contributed by atoms with van der Waals surface area (Å²) in [5.74, 6) is 1.16. The molecule has 2 aromatic carbocycles.